The van der Waals surface area contributed by atoms with Gasteiger partial charge in [-0.2, -0.15) is 0 Å². The lowest BCUT2D eigenvalue weighted by Crippen LogP contribution is -2.30. The van der Waals surface area contributed by atoms with Gasteiger partial charge in [0.1, 0.15) is 19.3 Å². The normalized spacial score (nSPS) is 14.2. The maximum atomic E-state index is 13.0. The molecule has 5 atom stereocenters. The molecule has 0 heterocycles. The topological polar surface area (TPSA) is 237 Å². The summed E-state index contributed by atoms with van der Waals surface area (Å²) in [7, 11) is -9.89. The number of phosphoric ester groups is 2. The lowest BCUT2D eigenvalue weighted by molar-refractivity contribution is -0.161. The number of carbonyl (C=O) groups excluding carboxylic acids is 4. The van der Waals surface area contributed by atoms with Crippen molar-refractivity contribution in [2.24, 2.45) is 17.8 Å². The van der Waals surface area contributed by atoms with Gasteiger partial charge >= 0.3 is 39.5 Å². The van der Waals surface area contributed by atoms with Gasteiger partial charge in [0.25, 0.3) is 0 Å². The summed E-state index contributed by atoms with van der Waals surface area (Å²) in [5.74, 6) is 0.119. The largest absolute Gasteiger partial charge is 0.472 e. The molecule has 0 saturated carbocycles. The molecule has 0 radical (unpaired) electrons. The number of rotatable bonds is 68. The summed E-state index contributed by atoms with van der Waals surface area (Å²) in [4.78, 5) is 72.3. The van der Waals surface area contributed by atoms with Crippen molar-refractivity contribution in [1.82, 2.24) is 0 Å². The minimum Gasteiger partial charge on any atom is -0.462 e. The predicted octanol–water partition coefficient (Wildman–Crippen LogP) is 19.8. The van der Waals surface area contributed by atoms with E-state index in [9.17, 15) is 43.2 Å². The zero-order valence-electron chi connectivity index (χ0n) is 57.9. The third-order valence-electron chi connectivity index (χ3n) is 16.1. The Hall–Kier alpha value is -1.94. The second kappa shape index (κ2) is 61.0. The molecular formula is C70H136O17P2. The SMILES string of the molecule is CCCCCCCCCC(=O)OC[C@H](COP(=O)(O)OC[C@H](O)COP(=O)(O)OC[C@@H](COC(=O)CCCCCCCCCCCCCCC(C)C)OC(=O)CCCCCCCCCCCCCCCCCC(C)C)OC(=O)CCCCCCCCC(C)C. The average molecular weight is 1310 g/mol. The third kappa shape index (κ3) is 64.6. The molecule has 0 aliphatic carbocycles. The summed E-state index contributed by atoms with van der Waals surface area (Å²) in [6.07, 6.45) is 44.8. The van der Waals surface area contributed by atoms with Crippen molar-refractivity contribution >= 4 is 39.5 Å². The first-order valence-corrected chi connectivity index (χ1v) is 39.3. The zero-order chi connectivity index (χ0) is 65.9. The molecule has 0 fully saturated rings. The van der Waals surface area contributed by atoms with E-state index in [1.165, 1.54) is 148 Å². The van der Waals surface area contributed by atoms with Crippen molar-refractivity contribution < 1.29 is 80.2 Å². The molecule has 0 aromatic heterocycles. The van der Waals surface area contributed by atoms with E-state index in [2.05, 4.69) is 48.5 Å². The Balaban J connectivity index is 5.18. The van der Waals surface area contributed by atoms with Crippen LogP contribution in [-0.4, -0.2) is 96.7 Å². The molecule has 0 aliphatic heterocycles. The summed E-state index contributed by atoms with van der Waals surface area (Å²) in [6.45, 7) is 11.8. The molecule has 0 amide bonds. The summed E-state index contributed by atoms with van der Waals surface area (Å²) < 4.78 is 68.1. The molecule has 0 aromatic rings. The van der Waals surface area contributed by atoms with Gasteiger partial charge < -0.3 is 33.8 Å². The Labute approximate surface area is 543 Å². The molecule has 2 unspecified atom stereocenters. The number of aliphatic hydroxyl groups is 1. The van der Waals surface area contributed by atoms with Crippen LogP contribution < -0.4 is 0 Å². The van der Waals surface area contributed by atoms with Crippen LogP contribution in [0.1, 0.15) is 350 Å². The zero-order valence-corrected chi connectivity index (χ0v) is 59.7. The second-order valence-electron chi connectivity index (χ2n) is 26.7. The van der Waals surface area contributed by atoms with Gasteiger partial charge in [0.15, 0.2) is 12.2 Å². The van der Waals surface area contributed by atoms with Gasteiger partial charge in [0.05, 0.1) is 26.4 Å². The summed E-state index contributed by atoms with van der Waals surface area (Å²) in [5.41, 5.74) is 0. The number of unbranched alkanes of at least 4 members (excludes halogenated alkanes) is 36. The number of carbonyl (C=O) groups is 4. The molecule has 0 spiro atoms. The second-order valence-corrected chi connectivity index (χ2v) is 29.6. The summed E-state index contributed by atoms with van der Waals surface area (Å²) in [6, 6.07) is 0. The highest BCUT2D eigenvalue weighted by Gasteiger charge is 2.30. The molecule has 0 aromatic carbocycles. The van der Waals surface area contributed by atoms with Crippen LogP contribution in [0.4, 0.5) is 0 Å². The van der Waals surface area contributed by atoms with Gasteiger partial charge in [-0.1, -0.05) is 299 Å². The van der Waals surface area contributed by atoms with Gasteiger partial charge in [0.2, 0.25) is 0 Å². The number of phosphoric acid groups is 2. The maximum Gasteiger partial charge on any atom is 0.472 e. The Morgan fingerprint density at radius 2 is 0.517 bits per heavy atom. The van der Waals surface area contributed by atoms with Gasteiger partial charge in [0, 0.05) is 25.7 Å². The minimum absolute atomic E-state index is 0.102. The van der Waals surface area contributed by atoms with Crippen LogP contribution >= 0.6 is 15.6 Å². The summed E-state index contributed by atoms with van der Waals surface area (Å²) in [5, 5.41) is 10.6. The van der Waals surface area contributed by atoms with Crippen LogP contribution in [-0.2, 0) is 65.4 Å². The lowest BCUT2D eigenvalue weighted by atomic mass is 10.0. The molecule has 0 bridgehead atoms. The maximum absolute atomic E-state index is 13.0. The average Bonchev–Trinajstić information content (AvgIpc) is 3.55. The highest BCUT2D eigenvalue weighted by atomic mass is 31.2. The molecule has 0 rings (SSSR count). The standard InChI is InChI=1S/C70H136O17P2/c1-8-9-10-11-27-37-44-51-67(72)80-57-66(87-70(75)54-47-40-33-32-36-43-50-63(6)7)60-85-89(78,79)83-56-64(71)55-82-88(76,77)84-59-65(58-81-68(73)52-45-38-30-25-21-18-17-20-24-29-35-42-49-62(4)5)86-69(74)53-46-39-31-26-22-16-14-12-13-15-19-23-28-34-41-48-61(2)3/h61-66,71H,8-60H2,1-7H3,(H,76,77)(H,78,79)/t64-,65-,66-/m1/s1. The van der Waals surface area contributed by atoms with Gasteiger partial charge in [-0.15, -0.1) is 0 Å². The van der Waals surface area contributed by atoms with Crippen LogP contribution in [0.25, 0.3) is 0 Å². The van der Waals surface area contributed by atoms with Crippen LogP contribution in [0.3, 0.4) is 0 Å². The fourth-order valence-electron chi connectivity index (χ4n) is 10.5. The van der Waals surface area contributed by atoms with E-state index >= 15 is 0 Å². The fourth-order valence-corrected chi connectivity index (χ4v) is 12.1. The first-order valence-electron chi connectivity index (χ1n) is 36.3. The third-order valence-corrected chi connectivity index (χ3v) is 18.0. The number of hydrogen-bond donors (Lipinski definition) is 3. The first-order chi connectivity index (χ1) is 42.7. The molecule has 89 heavy (non-hydrogen) atoms. The highest BCUT2D eigenvalue weighted by Crippen LogP contribution is 2.45. The van der Waals surface area contributed by atoms with E-state index in [0.29, 0.717) is 31.6 Å². The van der Waals surface area contributed by atoms with E-state index in [0.717, 1.165) is 115 Å². The molecule has 17 nitrogen and oxygen atoms in total. The van der Waals surface area contributed by atoms with Crippen molar-refractivity contribution in [2.75, 3.05) is 39.6 Å². The van der Waals surface area contributed by atoms with Crippen LogP contribution in [0.5, 0.6) is 0 Å². The predicted molar refractivity (Wildman–Crippen MR) is 358 cm³/mol. The summed E-state index contributed by atoms with van der Waals surface area (Å²) >= 11 is 0. The van der Waals surface area contributed by atoms with Gasteiger partial charge in [-0.3, -0.25) is 37.3 Å². The van der Waals surface area contributed by atoms with E-state index in [1.807, 2.05) is 0 Å². The number of esters is 4. The lowest BCUT2D eigenvalue weighted by Gasteiger charge is -2.21. The number of aliphatic hydroxyl groups excluding tert-OH is 1. The van der Waals surface area contributed by atoms with E-state index in [1.54, 1.807) is 0 Å². The number of ether oxygens (including phenoxy) is 4. The Bertz CT molecular complexity index is 1750. The van der Waals surface area contributed by atoms with E-state index in [-0.39, 0.29) is 25.7 Å². The van der Waals surface area contributed by atoms with Crippen molar-refractivity contribution in [3.8, 4) is 0 Å². The quantitative estimate of drug-likeness (QED) is 0.0222. The Kier molecular flexibility index (Phi) is 59.6. The van der Waals surface area contributed by atoms with E-state index < -0.39 is 97.5 Å². The molecular weight excluding hydrogens is 1170 g/mol. The minimum atomic E-state index is -4.95. The molecule has 3 N–H and O–H groups in total. The monoisotopic (exact) mass is 1310 g/mol. The first kappa shape index (κ1) is 87.1. The fraction of sp³-hybridized carbons (Fsp3) is 0.943. The van der Waals surface area contributed by atoms with Crippen LogP contribution in [0, 0.1) is 17.8 Å². The molecule has 0 aliphatic rings. The Morgan fingerprint density at radius 3 is 0.764 bits per heavy atom. The van der Waals surface area contributed by atoms with Crippen molar-refractivity contribution in [3.63, 3.8) is 0 Å². The smallest absolute Gasteiger partial charge is 0.462 e. The molecule has 0 saturated heterocycles. The van der Waals surface area contributed by atoms with E-state index in [4.69, 9.17) is 37.0 Å². The Morgan fingerprint density at radius 1 is 0.303 bits per heavy atom. The number of hydrogen-bond acceptors (Lipinski definition) is 15. The van der Waals surface area contributed by atoms with Crippen molar-refractivity contribution in [1.29, 1.82) is 0 Å². The van der Waals surface area contributed by atoms with Gasteiger partial charge in [-0.25, -0.2) is 9.13 Å². The molecule has 19 heteroatoms. The van der Waals surface area contributed by atoms with Crippen LogP contribution in [0.15, 0.2) is 0 Å². The molecule has 528 valence electrons. The van der Waals surface area contributed by atoms with Crippen molar-refractivity contribution in [2.45, 2.75) is 369 Å². The highest BCUT2D eigenvalue weighted by molar-refractivity contribution is 7.47. The van der Waals surface area contributed by atoms with Crippen molar-refractivity contribution in [3.05, 3.63) is 0 Å². The van der Waals surface area contributed by atoms with Crippen LogP contribution in [0.2, 0.25) is 0 Å². The van der Waals surface area contributed by atoms with Gasteiger partial charge in [-0.05, 0) is 43.4 Å².